The maximum atomic E-state index is 12.6. The van der Waals surface area contributed by atoms with Gasteiger partial charge >= 0.3 is 0 Å². The minimum atomic E-state index is -0.471. The van der Waals surface area contributed by atoms with Crippen molar-refractivity contribution in [3.05, 3.63) is 40.6 Å². The van der Waals surface area contributed by atoms with Crippen molar-refractivity contribution in [3.63, 3.8) is 0 Å². The number of fused-ring (bicyclic) bond motifs is 1. The first kappa shape index (κ1) is 16.7. The molecule has 8 heteroatoms. The second kappa shape index (κ2) is 7.59. The molecule has 1 atom stereocenters. The van der Waals surface area contributed by atoms with Crippen molar-refractivity contribution in [2.75, 3.05) is 19.8 Å². The first-order chi connectivity index (χ1) is 11.7. The fourth-order valence-electron chi connectivity index (χ4n) is 2.68. The quantitative estimate of drug-likeness (QED) is 0.850. The number of nitrogens with zero attached hydrogens (tertiary/aromatic N) is 3. The molecule has 0 fully saturated rings. The summed E-state index contributed by atoms with van der Waals surface area (Å²) in [6.45, 7) is 3.63. The van der Waals surface area contributed by atoms with Gasteiger partial charge in [-0.1, -0.05) is 6.07 Å². The van der Waals surface area contributed by atoms with Crippen LogP contribution in [0.15, 0.2) is 30.0 Å². The molecule has 1 unspecified atom stereocenters. The van der Waals surface area contributed by atoms with Crippen LogP contribution in [0, 0.1) is 0 Å². The van der Waals surface area contributed by atoms with Crippen LogP contribution in [0.1, 0.15) is 23.5 Å². The van der Waals surface area contributed by atoms with Gasteiger partial charge in [0.1, 0.15) is 12.6 Å². The molecule has 0 aliphatic carbocycles. The van der Waals surface area contributed by atoms with Crippen LogP contribution in [-0.2, 0) is 27.4 Å². The first-order valence-corrected chi connectivity index (χ1v) is 8.73. The number of ether oxygens (including phenoxy) is 1. The van der Waals surface area contributed by atoms with E-state index in [0.29, 0.717) is 26.2 Å². The molecule has 2 aromatic heterocycles. The van der Waals surface area contributed by atoms with Crippen molar-refractivity contribution in [2.24, 2.45) is 0 Å². The number of amides is 2. The summed E-state index contributed by atoms with van der Waals surface area (Å²) in [5.74, 6) is -0.225. The number of carbonyl (C=O) groups is 2. The summed E-state index contributed by atoms with van der Waals surface area (Å²) < 4.78 is 7.04. The number of imidazole rings is 1. The number of hydrogen-bond donors (Lipinski definition) is 1. The van der Waals surface area contributed by atoms with E-state index in [4.69, 9.17) is 4.74 Å². The van der Waals surface area contributed by atoms with Crippen molar-refractivity contribution < 1.29 is 14.3 Å². The van der Waals surface area contributed by atoms with Crippen molar-refractivity contribution in [1.82, 2.24) is 19.8 Å². The summed E-state index contributed by atoms with van der Waals surface area (Å²) in [6, 6.07) is 3.46. The molecule has 0 saturated carbocycles. The molecule has 0 saturated heterocycles. The lowest BCUT2D eigenvalue weighted by Gasteiger charge is -2.33. The minimum absolute atomic E-state index is 0.0359. The minimum Gasteiger partial charge on any atom is -0.372 e. The van der Waals surface area contributed by atoms with E-state index in [1.807, 2.05) is 29.0 Å². The normalized spacial score (nSPS) is 16.7. The van der Waals surface area contributed by atoms with Gasteiger partial charge in [0, 0.05) is 17.7 Å². The number of aromatic nitrogens is 2. The molecule has 24 heavy (non-hydrogen) atoms. The highest BCUT2D eigenvalue weighted by Crippen LogP contribution is 2.21. The molecule has 1 N–H and O–H groups in total. The van der Waals surface area contributed by atoms with Gasteiger partial charge in [-0.3, -0.25) is 9.59 Å². The van der Waals surface area contributed by atoms with Crippen LogP contribution in [0.5, 0.6) is 0 Å². The molecule has 1 aliphatic rings. The fourth-order valence-corrected chi connectivity index (χ4v) is 3.32. The maximum absolute atomic E-state index is 12.6. The van der Waals surface area contributed by atoms with Gasteiger partial charge in [-0.2, -0.15) is 0 Å². The van der Waals surface area contributed by atoms with Gasteiger partial charge in [-0.15, -0.1) is 11.3 Å². The predicted molar refractivity (Wildman–Crippen MR) is 89.3 cm³/mol. The third-order valence-electron chi connectivity index (χ3n) is 3.93. The van der Waals surface area contributed by atoms with Gasteiger partial charge in [0.05, 0.1) is 31.7 Å². The van der Waals surface area contributed by atoms with Gasteiger partial charge in [-0.25, -0.2) is 4.98 Å². The van der Waals surface area contributed by atoms with Crippen LogP contribution in [0.3, 0.4) is 0 Å². The van der Waals surface area contributed by atoms with E-state index in [1.54, 1.807) is 28.8 Å². The molecule has 128 valence electrons. The highest BCUT2D eigenvalue weighted by Gasteiger charge is 2.32. The molecule has 0 aromatic carbocycles. The Morgan fingerprint density at radius 2 is 2.38 bits per heavy atom. The third kappa shape index (κ3) is 3.65. The molecular formula is C16H20N4O3S. The monoisotopic (exact) mass is 348 g/mol. The number of hydrogen-bond acceptors (Lipinski definition) is 5. The molecule has 0 radical (unpaired) electrons. The molecule has 1 aliphatic heterocycles. The summed E-state index contributed by atoms with van der Waals surface area (Å²) >= 11 is 1.60. The Kier molecular flexibility index (Phi) is 5.27. The zero-order chi connectivity index (χ0) is 16.9. The van der Waals surface area contributed by atoms with Crippen LogP contribution < -0.4 is 5.32 Å². The van der Waals surface area contributed by atoms with E-state index in [0.717, 1.165) is 10.6 Å². The lowest BCUT2D eigenvalue weighted by molar-refractivity contribution is -0.139. The summed E-state index contributed by atoms with van der Waals surface area (Å²) in [5, 5.41) is 4.92. The Hall–Kier alpha value is -2.19. The summed E-state index contributed by atoms with van der Waals surface area (Å²) in [5.41, 5.74) is 0.849. The van der Waals surface area contributed by atoms with Gasteiger partial charge in [0.15, 0.2) is 0 Å². The second-order valence-corrected chi connectivity index (χ2v) is 6.55. The summed E-state index contributed by atoms with van der Waals surface area (Å²) in [4.78, 5) is 31.7. The Bertz CT molecular complexity index is 698. The molecular weight excluding hydrogens is 328 g/mol. The average molecular weight is 348 g/mol. The van der Waals surface area contributed by atoms with Crippen molar-refractivity contribution in [3.8, 4) is 0 Å². The van der Waals surface area contributed by atoms with Gasteiger partial charge in [-0.05, 0) is 18.4 Å². The molecule has 3 rings (SSSR count). The number of carbonyl (C=O) groups excluding carboxylic acids is 2. The van der Waals surface area contributed by atoms with Crippen LogP contribution in [0.4, 0.5) is 0 Å². The largest absolute Gasteiger partial charge is 0.372 e. The van der Waals surface area contributed by atoms with Crippen LogP contribution >= 0.6 is 11.3 Å². The van der Waals surface area contributed by atoms with E-state index < -0.39 is 6.04 Å². The zero-order valence-electron chi connectivity index (χ0n) is 13.5. The average Bonchev–Trinajstić information content (AvgIpc) is 3.27. The Morgan fingerprint density at radius 1 is 1.50 bits per heavy atom. The molecule has 2 amide bonds. The highest BCUT2D eigenvalue weighted by molar-refractivity contribution is 7.09. The van der Waals surface area contributed by atoms with Crippen LogP contribution in [0.25, 0.3) is 0 Å². The molecule has 7 nitrogen and oxygen atoms in total. The van der Waals surface area contributed by atoms with E-state index in [1.165, 1.54) is 0 Å². The van der Waals surface area contributed by atoms with Gasteiger partial charge in [0.2, 0.25) is 11.8 Å². The van der Waals surface area contributed by atoms with Crippen LogP contribution in [-0.4, -0.2) is 46.0 Å². The lowest BCUT2D eigenvalue weighted by Crippen LogP contribution is -2.47. The fraction of sp³-hybridized carbons (Fsp3) is 0.438. The van der Waals surface area contributed by atoms with Crippen molar-refractivity contribution >= 4 is 23.2 Å². The van der Waals surface area contributed by atoms with E-state index in [2.05, 4.69) is 10.3 Å². The molecule has 3 heterocycles. The highest BCUT2D eigenvalue weighted by atomic mass is 32.1. The first-order valence-electron chi connectivity index (χ1n) is 7.85. The van der Waals surface area contributed by atoms with Crippen LogP contribution in [0.2, 0.25) is 0 Å². The standard InChI is InChI=1S/C16H20N4O3S/c1-2-23-10-15(21)19-8-12-6-17-11-20(12)14(9-19)16(22)18-7-13-4-3-5-24-13/h3-6,11,14H,2,7-10H2,1H3,(H,18,22). The second-order valence-electron chi connectivity index (χ2n) is 5.52. The Balaban J connectivity index is 1.69. The molecule has 0 bridgehead atoms. The summed E-state index contributed by atoms with van der Waals surface area (Å²) in [7, 11) is 0. The maximum Gasteiger partial charge on any atom is 0.249 e. The Morgan fingerprint density at radius 3 is 3.12 bits per heavy atom. The van der Waals surface area contributed by atoms with Crippen molar-refractivity contribution in [2.45, 2.75) is 26.1 Å². The Labute approximate surface area is 144 Å². The summed E-state index contributed by atoms with van der Waals surface area (Å²) in [6.07, 6.45) is 3.34. The van der Waals surface area contributed by atoms with E-state index >= 15 is 0 Å². The zero-order valence-corrected chi connectivity index (χ0v) is 14.3. The third-order valence-corrected chi connectivity index (χ3v) is 4.81. The molecule has 0 spiro atoms. The van der Waals surface area contributed by atoms with E-state index in [9.17, 15) is 9.59 Å². The van der Waals surface area contributed by atoms with Crippen molar-refractivity contribution in [1.29, 1.82) is 0 Å². The SMILES string of the molecule is CCOCC(=O)N1Cc2cncn2C(C(=O)NCc2cccs2)C1. The van der Waals surface area contributed by atoms with Gasteiger partial charge < -0.3 is 19.5 Å². The number of rotatable bonds is 6. The predicted octanol–water partition coefficient (Wildman–Crippen LogP) is 1.18. The lowest BCUT2D eigenvalue weighted by atomic mass is 10.1. The van der Waals surface area contributed by atoms with E-state index in [-0.39, 0.29) is 18.4 Å². The topological polar surface area (TPSA) is 76.5 Å². The number of nitrogens with one attached hydrogen (secondary N) is 1. The smallest absolute Gasteiger partial charge is 0.249 e. The van der Waals surface area contributed by atoms with Gasteiger partial charge in [0.25, 0.3) is 0 Å². The number of thiophene rings is 1. The molecule has 2 aromatic rings.